The van der Waals surface area contributed by atoms with E-state index in [2.05, 4.69) is 5.32 Å². The second-order valence-electron chi connectivity index (χ2n) is 8.46. The standard InChI is InChI=1S/C19H29N3O9/c23-11-4-1-9(2-5-11)21-17(29)15(16(28)20-8-14(26)27)18(30)22(19(21)31)10-3-6-12(24)13(25)7-10/h9-13,15,17,23-25,29H,1-8H2,(H,20,28)(H,26,27)/t9?,10-,11?,12-,13+,15?,17?/m1/s1. The van der Waals surface area contributed by atoms with E-state index in [1.54, 1.807) is 0 Å². The van der Waals surface area contributed by atoms with Gasteiger partial charge in [-0.25, -0.2) is 4.79 Å². The number of nitrogens with zero attached hydrogens (tertiary/aromatic N) is 2. The number of nitrogens with one attached hydrogen (secondary N) is 1. The molecule has 1 saturated heterocycles. The highest BCUT2D eigenvalue weighted by Gasteiger charge is 2.54. The molecule has 0 aromatic carbocycles. The quantitative estimate of drug-likeness (QED) is 0.260. The van der Waals surface area contributed by atoms with Crippen LogP contribution in [0.1, 0.15) is 44.9 Å². The molecule has 4 amide bonds. The summed E-state index contributed by atoms with van der Waals surface area (Å²) in [6.45, 7) is -0.757. The number of hydrogen-bond acceptors (Lipinski definition) is 8. The highest BCUT2D eigenvalue weighted by atomic mass is 16.4. The van der Waals surface area contributed by atoms with E-state index >= 15 is 0 Å². The van der Waals surface area contributed by atoms with Crippen LogP contribution in [0.15, 0.2) is 0 Å². The van der Waals surface area contributed by atoms with Crippen molar-refractivity contribution in [3.63, 3.8) is 0 Å². The number of carboxylic acid groups (broad SMARTS) is 1. The lowest BCUT2D eigenvalue weighted by molar-refractivity contribution is -0.165. The number of imide groups is 1. The number of hydrogen-bond donors (Lipinski definition) is 6. The minimum atomic E-state index is -1.79. The second-order valence-corrected chi connectivity index (χ2v) is 8.46. The van der Waals surface area contributed by atoms with Crippen LogP contribution in [0.25, 0.3) is 0 Å². The number of rotatable bonds is 5. The fourth-order valence-electron chi connectivity index (χ4n) is 4.68. The van der Waals surface area contributed by atoms with Crippen LogP contribution in [-0.4, -0.2) is 102 Å². The fourth-order valence-corrected chi connectivity index (χ4v) is 4.68. The average Bonchev–Trinajstić information content (AvgIpc) is 2.70. The molecule has 12 nitrogen and oxygen atoms in total. The Morgan fingerprint density at radius 3 is 2.10 bits per heavy atom. The van der Waals surface area contributed by atoms with Gasteiger partial charge >= 0.3 is 12.0 Å². The van der Waals surface area contributed by atoms with Crippen molar-refractivity contribution in [1.82, 2.24) is 15.1 Å². The van der Waals surface area contributed by atoms with Crippen LogP contribution >= 0.6 is 0 Å². The van der Waals surface area contributed by atoms with Gasteiger partial charge in [-0.15, -0.1) is 0 Å². The summed E-state index contributed by atoms with van der Waals surface area (Å²) in [5, 5.41) is 51.3. The predicted molar refractivity (Wildman–Crippen MR) is 102 cm³/mol. The first kappa shape index (κ1) is 23.4. The van der Waals surface area contributed by atoms with Gasteiger partial charge in [-0.2, -0.15) is 0 Å². The fraction of sp³-hybridized carbons (Fsp3) is 0.789. The third-order valence-corrected chi connectivity index (χ3v) is 6.39. The molecule has 2 saturated carbocycles. The Balaban J connectivity index is 1.90. The topological polar surface area (TPSA) is 188 Å². The largest absolute Gasteiger partial charge is 0.480 e. The van der Waals surface area contributed by atoms with Gasteiger partial charge in [-0.1, -0.05) is 0 Å². The summed E-state index contributed by atoms with van der Waals surface area (Å²) in [7, 11) is 0. The van der Waals surface area contributed by atoms with Gasteiger partial charge in [0.25, 0.3) is 0 Å². The van der Waals surface area contributed by atoms with E-state index < -0.39 is 72.9 Å². The van der Waals surface area contributed by atoms with Gasteiger partial charge in [0, 0.05) is 12.1 Å². The molecule has 5 atom stereocenters. The van der Waals surface area contributed by atoms with E-state index in [4.69, 9.17) is 5.11 Å². The maximum atomic E-state index is 13.3. The van der Waals surface area contributed by atoms with Gasteiger partial charge in [0.15, 0.2) is 12.1 Å². The highest BCUT2D eigenvalue weighted by Crippen LogP contribution is 2.34. The van der Waals surface area contributed by atoms with E-state index in [1.807, 2.05) is 0 Å². The van der Waals surface area contributed by atoms with E-state index in [-0.39, 0.29) is 19.3 Å². The molecule has 6 N–H and O–H groups in total. The highest BCUT2D eigenvalue weighted by molar-refractivity contribution is 6.09. The Hall–Kier alpha value is -2.28. The summed E-state index contributed by atoms with van der Waals surface area (Å²) in [6.07, 6.45) is -2.66. The Morgan fingerprint density at radius 1 is 0.903 bits per heavy atom. The number of carboxylic acids is 1. The number of carbonyl (C=O) groups is 4. The molecule has 2 aliphatic carbocycles. The lowest BCUT2D eigenvalue weighted by Gasteiger charge is -2.49. The van der Waals surface area contributed by atoms with Crippen molar-refractivity contribution in [2.24, 2.45) is 5.92 Å². The number of amides is 4. The molecule has 31 heavy (non-hydrogen) atoms. The smallest absolute Gasteiger partial charge is 0.329 e. The van der Waals surface area contributed by atoms with E-state index in [0.717, 1.165) is 9.80 Å². The SMILES string of the molecule is O=C(O)CNC(=O)C1C(=O)N([C@@H]2CC[C@@H](O)[C@@H](O)C2)C(=O)N(C2CCC(O)CC2)C1O. The van der Waals surface area contributed by atoms with Gasteiger partial charge in [-0.05, 0) is 44.9 Å². The Kier molecular flexibility index (Phi) is 7.14. The van der Waals surface area contributed by atoms with Crippen LogP contribution in [0.5, 0.6) is 0 Å². The van der Waals surface area contributed by atoms with E-state index in [1.165, 1.54) is 0 Å². The minimum Gasteiger partial charge on any atom is -0.480 e. The molecule has 0 radical (unpaired) electrons. The number of aliphatic hydroxyl groups is 4. The molecular formula is C19H29N3O9. The van der Waals surface area contributed by atoms with Crippen LogP contribution in [-0.2, 0) is 14.4 Å². The van der Waals surface area contributed by atoms with Crippen molar-refractivity contribution in [3.05, 3.63) is 0 Å². The van der Waals surface area contributed by atoms with Crippen molar-refractivity contribution in [2.45, 2.75) is 81.6 Å². The lowest BCUT2D eigenvalue weighted by atomic mass is 9.86. The lowest BCUT2D eigenvalue weighted by Crippen LogP contribution is -2.69. The number of urea groups is 1. The molecular weight excluding hydrogens is 414 g/mol. The Morgan fingerprint density at radius 2 is 1.52 bits per heavy atom. The molecule has 3 fully saturated rings. The summed E-state index contributed by atoms with van der Waals surface area (Å²) < 4.78 is 0. The van der Waals surface area contributed by atoms with Crippen molar-refractivity contribution in [3.8, 4) is 0 Å². The zero-order valence-corrected chi connectivity index (χ0v) is 17.0. The molecule has 0 spiro atoms. The third kappa shape index (κ3) is 4.81. The van der Waals surface area contributed by atoms with Gasteiger partial charge in [-0.3, -0.25) is 24.2 Å². The van der Waals surface area contributed by atoms with Crippen molar-refractivity contribution >= 4 is 23.8 Å². The van der Waals surface area contributed by atoms with E-state index in [0.29, 0.717) is 25.7 Å². The van der Waals surface area contributed by atoms with Crippen LogP contribution in [0, 0.1) is 5.92 Å². The number of aliphatic hydroxyl groups excluding tert-OH is 4. The molecule has 0 aromatic rings. The zero-order chi connectivity index (χ0) is 22.9. The Labute approximate surface area is 178 Å². The Bertz CT molecular complexity index is 724. The van der Waals surface area contributed by atoms with Crippen LogP contribution < -0.4 is 5.32 Å². The molecule has 1 aliphatic heterocycles. The monoisotopic (exact) mass is 443 g/mol. The van der Waals surface area contributed by atoms with Gasteiger partial charge < -0.3 is 30.8 Å². The number of aliphatic carboxylic acids is 1. The first-order valence-electron chi connectivity index (χ1n) is 10.5. The molecule has 0 aromatic heterocycles. The summed E-state index contributed by atoms with van der Waals surface area (Å²) in [5.74, 6) is -5.05. The zero-order valence-electron chi connectivity index (χ0n) is 17.0. The maximum absolute atomic E-state index is 13.3. The predicted octanol–water partition coefficient (Wildman–Crippen LogP) is -2.04. The van der Waals surface area contributed by atoms with Crippen molar-refractivity contribution in [1.29, 1.82) is 0 Å². The number of carbonyl (C=O) groups excluding carboxylic acids is 3. The summed E-state index contributed by atoms with van der Waals surface area (Å²) in [6, 6.07) is -2.09. The first-order valence-corrected chi connectivity index (χ1v) is 10.5. The normalized spacial score (nSPS) is 37.0. The maximum Gasteiger partial charge on any atom is 0.329 e. The third-order valence-electron chi connectivity index (χ3n) is 6.39. The van der Waals surface area contributed by atoms with Gasteiger partial charge in [0.05, 0.1) is 18.3 Å². The minimum absolute atomic E-state index is 0.0740. The molecule has 174 valence electrons. The van der Waals surface area contributed by atoms with Crippen LogP contribution in [0.2, 0.25) is 0 Å². The summed E-state index contributed by atoms with van der Waals surface area (Å²) in [4.78, 5) is 51.8. The van der Waals surface area contributed by atoms with Crippen LogP contribution in [0.3, 0.4) is 0 Å². The molecule has 12 heteroatoms. The molecule has 0 bridgehead atoms. The molecule has 3 aliphatic rings. The van der Waals surface area contributed by atoms with Gasteiger partial charge in [0.2, 0.25) is 11.8 Å². The van der Waals surface area contributed by atoms with E-state index in [9.17, 15) is 39.6 Å². The molecule has 1 heterocycles. The first-order chi connectivity index (χ1) is 14.6. The van der Waals surface area contributed by atoms with Crippen molar-refractivity contribution in [2.75, 3.05) is 6.54 Å². The second kappa shape index (κ2) is 9.47. The van der Waals surface area contributed by atoms with Crippen LogP contribution in [0.4, 0.5) is 4.79 Å². The van der Waals surface area contributed by atoms with Gasteiger partial charge in [0.1, 0.15) is 6.54 Å². The average molecular weight is 443 g/mol. The summed E-state index contributed by atoms with van der Waals surface area (Å²) in [5.41, 5.74) is 0. The van der Waals surface area contributed by atoms with Crippen molar-refractivity contribution < 1.29 is 44.7 Å². The molecule has 3 rings (SSSR count). The molecule has 2 unspecified atom stereocenters. The summed E-state index contributed by atoms with van der Waals surface area (Å²) >= 11 is 0.